The van der Waals surface area contributed by atoms with Crippen molar-refractivity contribution in [1.82, 2.24) is 0 Å². The van der Waals surface area contributed by atoms with E-state index in [9.17, 15) is 4.79 Å². The molecule has 0 unspecified atom stereocenters. The van der Waals surface area contributed by atoms with Crippen molar-refractivity contribution in [2.24, 2.45) is 0 Å². The van der Waals surface area contributed by atoms with Gasteiger partial charge in [-0.25, -0.2) is 0 Å². The molecule has 0 aliphatic carbocycles. The quantitative estimate of drug-likeness (QED) is 0.274. The molecule has 0 fully saturated rings. The van der Waals surface area contributed by atoms with Crippen LogP contribution < -0.4 is 34.7 Å². The predicted octanol–water partition coefficient (Wildman–Crippen LogP) is -2.78. The Bertz CT molecular complexity index is 141. The Morgan fingerprint density at radius 1 is 1.55 bits per heavy atom. The van der Waals surface area contributed by atoms with Gasteiger partial charge < -0.3 is 15.0 Å². The molecule has 0 aliphatic heterocycles. The zero-order valence-electron chi connectivity index (χ0n) is 6.26. The largest absolute Gasteiger partial charge is 1.00 e. The van der Waals surface area contributed by atoms with Gasteiger partial charge in [0.15, 0.2) is 0 Å². The summed E-state index contributed by atoms with van der Waals surface area (Å²) in [6, 6.07) is 0. The second-order valence-electron chi connectivity index (χ2n) is 1.32. The number of carboxylic acid groups (broad SMARTS) is 2. The monoisotopic (exact) mass is 188 g/mol. The molecule has 0 aromatic carbocycles. The average molecular weight is 189 g/mol. The maximum atomic E-state index is 9.81. The fraction of sp³-hybridized carbons (Fsp3) is 0.200. The van der Waals surface area contributed by atoms with Crippen molar-refractivity contribution in [1.29, 1.82) is 0 Å². The Morgan fingerprint density at radius 3 is 1.64 bits per heavy atom. The van der Waals surface area contributed by atoms with Gasteiger partial charge in [-0.3, -0.25) is 4.79 Å². The smallest absolute Gasteiger partial charge is 0.565 e. The van der Waals surface area contributed by atoms with Crippen LogP contribution in [0.5, 0.6) is 0 Å². The summed E-state index contributed by atoms with van der Waals surface area (Å²) in [6.07, 6.45) is -2.08. The molecule has 58 valence electrons. The first kappa shape index (κ1) is 17.2. The van der Waals surface area contributed by atoms with Crippen molar-refractivity contribution < 1.29 is 49.4 Å². The van der Waals surface area contributed by atoms with E-state index in [1.807, 2.05) is 0 Å². The summed E-state index contributed by atoms with van der Waals surface area (Å²) in [4.78, 5) is 18.3. The average Bonchev–Trinajstić information content (AvgIpc) is 1.63. The Labute approximate surface area is 91.1 Å². The van der Waals surface area contributed by atoms with Crippen LogP contribution in [0.3, 0.4) is 0 Å². The van der Waals surface area contributed by atoms with Gasteiger partial charge in [-0.15, -0.1) is 0 Å². The zero-order chi connectivity index (χ0) is 8.73. The number of carbonyl (C=O) groups is 2. The zero-order valence-corrected chi connectivity index (χ0v) is 9.01. The van der Waals surface area contributed by atoms with Gasteiger partial charge >= 0.3 is 29.6 Å². The van der Waals surface area contributed by atoms with Crippen molar-refractivity contribution in [3.05, 3.63) is 12.2 Å². The van der Waals surface area contributed by atoms with Crippen LogP contribution in [0.25, 0.3) is 0 Å². The Balaban J connectivity index is -0.000000114. The van der Waals surface area contributed by atoms with Crippen LogP contribution in [0.15, 0.2) is 12.2 Å². The molecule has 0 atom stereocenters. The number of rotatable bonds is 1. The van der Waals surface area contributed by atoms with E-state index in [2.05, 4.69) is 6.58 Å². The standard InChI is InChI=1S/C4H5ClO.CH2O3.Na/c1-3(2)4(5)6;2-1(3)4;/h1H2,2H3;(H2,2,3,4);/q;;+1/p-1. The Hall–Kier alpha value is -0.0300. The molecule has 1 N–H and O–H groups in total. The normalized spacial score (nSPS) is 6.36. The third kappa shape index (κ3) is 40.2. The van der Waals surface area contributed by atoms with Crippen molar-refractivity contribution in [3.63, 3.8) is 0 Å². The SMILES string of the molecule is C=C(C)C(=O)Cl.O=C([O-])O.[Na+]. The van der Waals surface area contributed by atoms with Crippen LogP contribution in [0.2, 0.25) is 0 Å². The molecule has 0 saturated heterocycles. The summed E-state index contributed by atoms with van der Waals surface area (Å²) >= 11 is 4.87. The molecular formula is C5H6ClNaO4. The van der Waals surface area contributed by atoms with E-state index < -0.39 is 11.4 Å². The van der Waals surface area contributed by atoms with Crippen LogP contribution in [0.4, 0.5) is 4.79 Å². The van der Waals surface area contributed by atoms with Gasteiger partial charge in [-0.1, -0.05) is 6.58 Å². The maximum Gasteiger partial charge on any atom is 1.00 e. The summed E-state index contributed by atoms with van der Waals surface area (Å²) in [5.74, 6) is 0. The maximum absolute atomic E-state index is 9.81. The van der Waals surface area contributed by atoms with Crippen LogP contribution in [0.1, 0.15) is 6.92 Å². The van der Waals surface area contributed by atoms with Crippen molar-refractivity contribution >= 4 is 23.0 Å². The molecule has 11 heavy (non-hydrogen) atoms. The van der Waals surface area contributed by atoms with Crippen LogP contribution >= 0.6 is 11.6 Å². The fourth-order valence-corrected chi connectivity index (χ4v) is 0. The number of hydrogen-bond acceptors (Lipinski definition) is 3. The first-order valence-corrected chi connectivity index (χ1v) is 2.51. The first-order valence-electron chi connectivity index (χ1n) is 2.13. The molecule has 0 heterocycles. The van der Waals surface area contributed by atoms with Gasteiger partial charge in [0.1, 0.15) is 0 Å². The second kappa shape index (κ2) is 9.97. The molecule has 0 radical (unpaired) electrons. The topological polar surface area (TPSA) is 77.4 Å². The van der Waals surface area contributed by atoms with E-state index in [4.69, 9.17) is 26.6 Å². The third-order valence-corrected chi connectivity index (χ3v) is 0.658. The van der Waals surface area contributed by atoms with E-state index in [0.717, 1.165) is 0 Å². The summed E-state index contributed by atoms with van der Waals surface area (Å²) in [5, 5.41) is 14.8. The summed E-state index contributed by atoms with van der Waals surface area (Å²) < 4.78 is 0. The number of hydrogen-bond donors (Lipinski definition) is 1. The van der Waals surface area contributed by atoms with Gasteiger partial charge in [-0.2, -0.15) is 0 Å². The molecule has 0 aromatic rings. The molecule has 0 bridgehead atoms. The van der Waals surface area contributed by atoms with Gasteiger partial charge in [0, 0.05) is 5.57 Å². The fourth-order valence-electron chi connectivity index (χ4n) is 0. The van der Waals surface area contributed by atoms with Crippen molar-refractivity contribution in [2.75, 3.05) is 0 Å². The first-order chi connectivity index (χ1) is 4.37. The van der Waals surface area contributed by atoms with Gasteiger partial charge in [-0.05, 0) is 18.5 Å². The van der Waals surface area contributed by atoms with E-state index in [1.165, 1.54) is 0 Å². The van der Waals surface area contributed by atoms with Gasteiger partial charge in [0.05, 0.1) is 0 Å². The van der Waals surface area contributed by atoms with Crippen molar-refractivity contribution in [3.8, 4) is 0 Å². The molecule has 0 saturated carbocycles. The third-order valence-electron chi connectivity index (χ3n) is 0.336. The molecule has 0 spiro atoms. The summed E-state index contributed by atoms with van der Waals surface area (Å²) in [5.41, 5.74) is 0.386. The van der Waals surface area contributed by atoms with E-state index in [1.54, 1.807) is 6.92 Å². The number of allylic oxidation sites excluding steroid dienone is 1. The Kier molecular flexibility index (Phi) is 15.6. The Morgan fingerprint density at radius 2 is 1.64 bits per heavy atom. The second-order valence-corrected chi connectivity index (χ2v) is 1.66. The van der Waals surface area contributed by atoms with E-state index in [-0.39, 0.29) is 29.6 Å². The summed E-state index contributed by atoms with van der Waals surface area (Å²) in [6.45, 7) is 4.84. The molecule has 0 amide bonds. The number of carbonyl (C=O) groups excluding carboxylic acids is 1. The van der Waals surface area contributed by atoms with Crippen LogP contribution in [0, 0.1) is 0 Å². The number of halogens is 1. The minimum Gasteiger partial charge on any atom is -0.565 e. The molecule has 0 aromatic heterocycles. The molecule has 0 aliphatic rings. The molecule has 4 nitrogen and oxygen atoms in total. The minimum atomic E-state index is -2.08. The van der Waals surface area contributed by atoms with Crippen LogP contribution in [-0.2, 0) is 4.79 Å². The van der Waals surface area contributed by atoms with E-state index in [0.29, 0.717) is 5.57 Å². The van der Waals surface area contributed by atoms with Gasteiger partial charge in [0.2, 0.25) is 11.4 Å². The summed E-state index contributed by atoms with van der Waals surface area (Å²) in [7, 11) is 0. The van der Waals surface area contributed by atoms with E-state index >= 15 is 0 Å². The van der Waals surface area contributed by atoms with Crippen molar-refractivity contribution in [2.45, 2.75) is 6.92 Å². The molecule has 6 heteroatoms. The molecular weight excluding hydrogens is 182 g/mol. The molecule has 0 rings (SSSR count). The predicted molar refractivity (Wildman–Crippen MR) is 33.7 cm³/mol. The minimum absolute atomic E-state index is 0. The van der Waals surface area contributed by atoms with Gasteiger partial charge in [0.25, 0.3) is 0 Å². The van der Waals surface area contributed by atoms with Crippen LogP contribution in [-0.4, -0.2) is 16.5 Å².